The minimum Gasteiger partial charge on any atom is -0.423 e. The first-order chi connectivity index (χ1) is 11.6. The first-order valence-electron chi connectivity index (χ1n) is 7.49. The van der Waals surface area contributed by atoms with Crippen LogP contribution in [0.4, 0.5) is 0 Å². The Bertz CT molecular complexity index is 853. The summed E-state index contributed by atoms with van der Waals surface area (Å²) in [7, 11) is -1.35. The Labute approximate surface area is 154 Å². The van der Waals surface area contributed by atoms with Crippen LogP contribution in [0.2, 0.25) is 0 Å². The molecule has 0 amide bonds. The molecule has 4 aromatic rings. The maximum atomic E-state index is 8.67. The number of halogens is 1. The molecule has 24 heavy (non-hydrogen) atoms. The molecule has 3 nitrogen and oxygen atoms in total. The quantitative estimate of drug-likeness (QED) is 0.279. The lowest BCUT2D eigenvalue weighted by Gasteiger charge is -1.99. The molecule has 0 aliphatic carbocycles. The predicted octanol–water partition coefficient (Wildman–Crippen LogP) is 3.36. The van der Waals surface area contributed by atoms with Crippen molar-refractivity contribution in [1.29, 1.82) is 0 Å². The normalized spacial score (nSPS) is 10.3. The molecule has 0 aliphatic heterocycles. The number of aromatic nitrogens is 1. The fraction of sp³-hybridized carbons (Fsp3) is 0. The number of para-hydroxylation sites is 2. The second kappa shape index (κ2) is 7.74. The van der Waals surface area contributed by atoms with Crippen molar-refractivity contribution in [1.82, 2.24) is 4.98 Å². The van der Waals surface area contributed by atoms with Crippen molar-refractivity contribution >= 4 is 57.0 Å². The fourth-order valence-electron chi connectivity index (χ4n) is 2.36. The van der Waals surface area contributed by atoms with Gasteiger partial charge in [0.2, 0.25) is 0 Å². The average Bonchev–Trinajstić information content (AvgIpc) is 2.61. The van der Waals surface area contributed by atoms with Crippen LogP contribution in [0, 0.1) is 3.57 Å². The Balaban J connectivity index is 0.000000150. The van der Waals surface area contributed by atoms with Gasteiger partial charge in [0.1, 0.15) is 0 Å². The molecule has 1 aromatic heterocycles. The van der Waals surface area contributed by atoms with Gasteiger partial charge in [0.05, 0.1) is 11.0 Å². The third-order valence-corrected chi connectivity index (χ3v) is 4.31. The van der Waals surface area contributed by atoms with E-state index in [1.165, 1.54) is 10.8 Å². The third-order valence-electron chi connectivity index (χ3n) is 3.59. The number of hydrogen-bond acceptors (Lipinski definition) is 3. The molecule has 0 unspecified atom stereocenters. The van der Waals surface area contributed by atoms with Crippen LogP contribution >= 0.6 is 22.6 Å². The summed E-state index contributed by atoms with van der Waals surface area (Å²) < 4.78 is 1.09. The highest BCUT2D eigenvalue weighted by Gasteiger charge is 2.08. The molecule has 0 fully saturated rings. The van der Waals surface area contributed by atoms with Gasteiger partial charge in [-0.1, -0.05) is 48.5 Å². The van der Waals surface area contributed by atoms with Gasteiger partial charge >= 0.3 is 7.12 Å². The van der Waals surface area contributed by atoms with Crippen molar-refractivity contribution < 1.29 is 10.0 Å². The summed E-state index contributed by atoms with van der Waals surface area (Å²) in [6, 6.07) is 25.6. The molecule has 0 bridgehead atoms. The van der Waals surface area contributed by atoms with Gasteiger partial charge in [-0.2, -0.15) is 0 Å². The summed E-state index contributed by atoms with van der Waals surface area (Å²) in [6.07, 6.45) is 0. The van der Waals surface area contributed by atoms with E-state index in [9.17, 15) is 0 Å². The van der Waals surface area contributed by atoms with E-state index in [-0.39, 0.29) is 0 Å². The van der Waals surface area contributed by atoms with E-state index in [1.54, 1.807) is 12.1 Å². The van der Waals surface area contributed by atoms with E-state index in [1.807, 2.05) is 48.5 Å². The molecule has 0 saturated heterocycles. The minimum absolute atomic E-state index is 0.528. The van der Waals surface area contributed by atoms with E-state index in [0.29, 0.717) is 5.46 Å². The van der Waals surface area contributed by atoms with E-state index in [2.05, 4.69) is 45.8 Å². The van der Waals surface area contributed by atoms with Crippen LogP contribution in [0.1, 0.15) is 0 Å². The van der Waals surface area contributed by atoms with Crippen LogP contribution in [0.5, 0.6) is 0 Å². The summed E-state index contributed by atoms with van der Waals surface area (Å²) in [5.41, 5.74) is 2.65. The zero-order chi connectivity index (χ0) is 16.9. The topological polar surface area (TPSA) is 53.4 Å². The van der Waals surface area contributed by atoms with Crippen molar-refractivity contribution in [3.8, 4) is 0 Å². The van der Waals surface area contributed by atoms with Gasteiger partial charge in [-0.05, 0) is 58.4 Å². The van der Waals surface area contributed by atoms with Crippen LogP contribution in [0.25, 0.3) is 21.8 Å². The first-order valence-corrected chi connectivity index (χ1v) is 8.57. The van der Waals surface area contributed by atoms with Crippen molar-refractivity contribution in [2.24, 2.45) is 0 Å². The van der Waals surface area contributed by atoms with Gasteiger partial charge < -0.3 is 10.0 Å². The lowest BCUT2D eigenvalue weighted by Crippen LogP contribution is -2.29. The van der Waals surface area contributed by atoms with Gasteiger partial charge in [-0.25, -0.2) is 4.98 Å². The van der Waals surface area contributed by atoms with E-state index >= 15 is 0 Å². The second-order valence-corrected chi connectivity index (χ2v) is 6.54. The summed E-state index contributed by atoms with van der Waals surface area (Å²) in [6.45, 7) is 0. The molecular formula is C19H15BINO2. The lowest BCUT2D eigenvalue weighted by atomic mass is 9.81. The summed E-state index contributed by atoms with van der Waals surface area (Å²) in [5, 5.41) is 19.7. The van der Waals surface area contributed by atoms with Gasteiger partial charge in [0.25, 0.3) is 0 Å². The van der Waals surface area contributed by atoms with E-state index in [0.717, 1.165) is 14.6 Å². The second-order valence-electron chi connectivity index (χ2n) is 5.30. The van der Waals surface area contributed by atoms with E-state index in [4.69, 9.17) is 10.0 Å². The molecule has 0 radical (unpaired) electrons. The number of fused-ring (bicyclic) bond motifs is 2. The average molecular weight is 427 g/mol. The molecule has 0 aliphatic rings. The van der Waals surface area contributed by atoms with Gasteiger partial charge in [-0.3, -0.25) is 0 Å². The van der Waals surface area contributed by atoms with Gasteiger partial charge in [-0.15, -0.1) is 0 Å². The highest BCUT2D eigenvalue weighted by Crippen LogP contribution is 2.18. The molecule has 1 heterocycles. The lowest BCUT2D eigenvalue weighted by molar-refractivity contribution is 0.426. The SMILES string of the molecule is OB(O)c1ccc(I)cc1.c1ccc2nc3ccccc3cc2c1. The first kappa shape index (κ1) is 16.9. The zero-order valence-electron chi connectivity index (χ0n) is 12.8. The Morgan fingerprint density at radius 2 is 1.21 bits per heavy atom. The van der Waals surface area contributed by atoms with Crippen LogP contribution in [0.15, 0.2) is 78.9 Å². The number of nitrogens with zero attached hydrogens (tertiary/aromatic N) is 1. The van der Waals surface area contributed by atoms with Crippen molar-refractivity contribution in [3.63, 3.8) is 0 Å². The molecule has 118 valence electrons. The maximum absolute atomic E-state index is 8.67. The molecular weight excluding hydrogens is 412 g/mol. The molecule has 0 spiro atoms. The molecule has 4 rings (SSSR count). The van der Waals surface area contributed by atoms with Crippen molar-refractivity contribution in [3.05, 3.63) is 82.4 Å². The Morgan fingerprint density at radius 1 is 0.708 bits per heavy atom. The molecule has 0 atom stereocenters. The third kappa shape index (κ3) is 4.11. The van der Waals surface area contributed by atoms with Crippen molar-refractivity contribution in [2.75, 3.05) is 0 Å². The number of rotatable bonds is 1. The zero-order valence-corrected chi connectivity index (χ0v) is 15.0. The van der Waals surface area contributed by atoms with Crippen LogP contribution in [-0.2, 0) is 0 Å². The van der Waals surface area contributed by atoms with Crippen LogP contribution in [-0.4, -0.2) is 22.2 Å². The van der Waals surface area contributed by atoms with Gasteiger partial charge in [0.15, 0.2) is 0 Å². The Hall–Kier alpha value is -1.96. The number of hydrogen-bond donors (Lipinski definition) is 2. The van der Waals surface area contributed by atoms with Crippen LogP contribution < -0.4 is 5.46 Å². The predicted molar refractivity (Wildman–Crippen MR) is 108 cm³/mol. The number of benzene rings is 3. The highest BCUT2D eigenvalue weighted by atomic mass is 127. The Kier molecular flexibility index (Phi) is 5.45. The van der Waals surface area contributed by atoms with Crippen LogP contribution in [0.3, 0.4) is 0 Å². The fourth-order valence-corrected chi connectivity index (χ4v) is 2.71. The molecule has 2 N–H and O–H groups in total. The van der Waals surface area contributed by atoms with Crippen molar-refractivity contribution in [2.45, 2.75) is 0 Å². The summed E-state index contributed by atoms with van der Waals surface area (Å²) in [5.74, 6) is 0. The van der Waals surface area contributed by atoms with Gasteiger partial charge in [0, 0.05) is 14.3 Å². The largest absolute Gasteiger partial charge is 0.488 e. The minimum atomic E-state index is -1.35. The van der Waals surface area contributed by atoms with E-state index < -0.39 is 7.12 Å². The molecule has 0 saturated carbocycles. The standard InChI is InChI=1S/C13H9N.C6H6BIO2/c1-3-7-12-10(5-1)9-11-6-2-4-8-13(11)14-12;8-6-3-1-5(2-4-6)7(9)10/h1-9H;1-4,9-10H. The number of pyridine rings is 1. The maximum Gasteiger partial charge on any atom is 0.488 e. The molecule has 5 heteroatoms. The molecule has 3 aromatic carbocycles. The smallest absolute Gasteiger partial charge is 0.423 e. The highest BCUT2D eigenvalue weighted by molar-refractivity contribution is 14.1. The summed E-state index contributed by atoms with van der Waals surface area (Å²) in [4.78, 5) is 4.58. The Morgan fingerprint density at radius 3 is 1.71 bits per heavy atom. The summed E-state index contributed by atoms with van der Waals surface area (Å²) >= 11 is 2.16. The monoisotopic (exact) mass is 427 g/mol.